The molecule has 1 N–H and O–H groups in total. The van der Waals surface area contributed by atoms with Gasteiger partial charge in [-0.3, -0.25) is 0 Å². The fourth-order valence-electron chi connectivity index (χ4n) is 1.90. The van der Waals surface area contributed by atoms with E-state index in [9.17, 15) is 8.42 Å². The van der Waals surface area contributed by atoms with Crippen molar-refractivity contribution in [3.63, 3.8) is 0 Å². The number of sulfone groups is 1. The molecule has 17 heavy (non-hydrogen) atoms. The highest BCUT2D eigenvalue weighted by molar-refractivity contribution is 7.92. The molecule has 0 aromatic heterocycles. The minimum Gasteiger partial charge on any atom is -0.353 e. The minimum atomic E-state index is -3.44. The third kappa shape index (κ3) is 1.52. The summed E-state index contributed by atoms with van der Waals surface area (Å²) in [6.45, 7) is 0. The van der Waals surface area contributed by atoms with Crippen molar-refractivity contribution in [1.29, 1.82) is 0 Å². The summed E-state index contributed by atoms with van der Waals surface area (Å²) in [5.74, 6) is 0. The Hall–Kier alpha value is -1.52. The van der Waals surface area contributed by atoms with Crippen LogP contribution in [0.1, 0.15) is 0 Å². The summed E-state index contributed by atoms with van der Waals surface area (Å²) < 4.78 is 24.6. The lowest BCUT2D eigenvalue weighted by Crippen LogP contribution is -2.13. The lowest BCUT2D eigenvalue weighted by atomic mass is 10.2. The molecule has 0 saturated heterocycles. The maximum Gasteiger partial charge on any atom is 0.210 e. The van der Waals surface area contributed by atoms with Crippen molar-refractivity contribution in [3.05, 3.63) is 47.5 Å². The van der Waals surface area contributed by atoms with Gasteiger partial charge in [-0.05, 0) is 30.3 Å². The smallest absolute Gasteiger partial charge is 0.210 e. The lowest BCUT2D eigenvalue weighted by Gasteiger charge is -2.21. The molecule has 5 heteroatoms. The first-order valence-electron chi connectivity index (χ1n) is 5.00. The van der Waals surface area contributed by atoms with Crippen molar-refractivity contribution in [2.75, 3.05) is 5.32 Å². The van der Waals surface area contributed by atoms with Crippen molar-refractivity contribution in [2.45, 2.75) is 9.79 Å². The van der Waals surface area contributed by atoms with Crippen LogP contribution in [0.5, 0.6) is 0 Å². The van der Waals surface area contributed by atoms with Gasteiger partial charge in [0, 0.05) is 5.02 Å². The second-order valence-corrected chi connectivity index (χ2v) is 6.09. The van der Waals surface area contributed by atoms with Gasteiger partial charge in [-0.1, -0.05) is 23.7 Å². The van der Waals surface area contributed by atoms with E-state index in [0.29, 0.717) is 21.3 Å². The number of anilines is 2. The predicted molar refractivity (Wildman–Crippen MR) is 66.6 cm³/mol. The zero-order valence-corrected chi connectivity index (χ0v) is 10.2. The van der Waals surface area contributed by atoms with Crippen LogP contribution in [0.3, 0.4) is 0 Å². The molecule has 0 atom stereocenters. The van der Waals surface area contributed by atoms with Crippen LogP contribution in [0.2, 0.25) is 5.02 Å². The molecular formula is C12H8ClNO2S. The van der Waals surface area contributed by atoms with E-state index in [1.807, 2.05) is 0 Å². The molecule has 2 aromatic rings. The molecule has 0 spiro atoms. The Morgan fingerprint density at radius 1 is 0.941 bits per heavy atom. The molecule has 1 heterocycles. The molecular weight excluding hydrogens is 258 g/mol. The molecule has 0 amide bonds. The van der Waals surface area contributed by atoms with E-state index in [0.717, 1.165) is 0 Å². The van der Waals surface area contributed by atoms with Gasteiger partial charge in [0.15, 0.2) is 0 Å². The zero-order valence-electron chi connectivity index (χ0n) is 8.64. The largest absolute Gasteiger partial charge is 0.353 e. The van der Waals surface area contributed by atoms with Gasteiger partial charge in [0.25, 0.3) is 0 Å². The molecule has 0 bridgehead atoms. The summed E-state index contributed by atoms with van der Waals surface area (Å²) in [5.41, 5.74) is 1.11. The van der Waals surface area contributed by atoms with Crippen molar-refractivity contribution in [1.82, 2.24) is 0 Å². The highest BCUT2D eigenvalue weighted by Gasteiger charge is 2.28. The van der Waals surface area contributed by atoms with Crippen molar-refractivity contribution in [2.24, 2.45) is 0 Å². The van der Waals surface area contributed by atoms with E-state index < -0.39 is 9.84 Å². The first-order valence-corrected chi connectivity index (χ1v) is 6.86. The normalized spacial score (nSPS) is 15.6. The van der Waals surface area contributed by atoms with Crippen LogP contribution in [-0.2, 0) is 9.84 Å². The number of nitrogens with one attached hydrogen (secondary N) is 1. The lowest BCUT2D eigenvalue weighted by molar-refractivity contribution is 0.596. The first kappa shape index (κ1) is 10.6. The van der Waals surface area contributed by atoms with Gasteiger partial charge in [-0.2, -0.15) is 0 Å². The number of benzene rings is 2. The summed E-state index contributed by atoms with van der Waals surface area (Å²) in [6, 6.07) is 11.5. The first-order chi connectivity index (χ1) is 8.09. The van der Waals surface area contributed by atoms with Crippen LogP contribution in [0, 0.1) is 0 Å². The van der Waals surface area contributed by atoms with E-state index in [1.165, 1.54) is 6.07 Å². The Morgan fingerprint density at radius 3 is 2.47 bits per heavy atom. The highest BCUT2D eigenvalue weighted by atomic mass is 35.5. The van der Waals surface area contributed by atoms with Crippen molar-refractivity contribution >= 4 is 32.8 Å². The van der Waals surface area contributed by atoms with Gasteiger partial charge < -0.3 is 5.32 Å². The molecule has 1 aliphatic heterocycles. The molecule has 86 valence electrons. The molecule has 0 unspecified atom stereocenters. The monoisotopic (exact) mass is 265 g/mol. The molecule has 0 fully saturated rings. The van der Waals surface area contributed by atoms with Crippen molar-refractivity contribution < 1.29 is 8.42 Å². The molecule has 1 aliphatic rings. The topological polar surface area (TPSA) is 46.2 Å². The van der Waals surface area contributed by atoms with Gasteiger partial charge in [0.1, 0.15) is 0 Å². The standard InChI is InChI=1S/C12H8ClNO2S/c13-8-5-6-12-10(7-8)14-9-3-1-2-4-11(9)17(12,15)16/h1-7,14H. The van der Waals surface area contributed by atoms with E-state index in [4.69, 9.17) is 11.6 Å². The average Bonchev–Trinajstić information content (AvgIpc) is 2.28. The minimum absolute atomic E-state index is 0.264. The zero-order chi connectivity index (χ0) is 12.0. The van der Waals surface area contributed by atoms with Crippen LogP contribution in [0.4, 0.5) is 11.4 Å². The van der Waals surface area contributed by atoms with Crippen LogP contribution >= 0.6 is 11.6 Å². The van der Waals surface area contributed by atoms with Gasteiger partial charge in [-0.15, -0.1) is 0 Å². The Balaban J connectivity index is 2.35. The van der Waals surface area contributed by atoms with Gasteiger partial charge in [0.05, 0.1) is 21.2 Å². The summed E-state index contributed by atoms with van der Waals surface area (Å²) in [5, 5.41) is 3.58. The van der Waals surface area contributed by atoms with E-state index in [2.05, 4.69) is 5.32 Å². The molecule has 0 radical (unpaired) electrons. The maximum atomic E-state index is 12.3. The van der Waals surface area contributed by atoms with Gasteiger partial charge in [0.2, 0.25) is 9.84 Å². The number of hydrogen-bond donors (Lipinski definition) is 1. The predicted octanol–water partition coefficient (Wildman–Crippen LogP) is 3.23. The summed E-state index contributed by atoms with van der Waals surface area (Å²) in [4.78, 5) is 0.565. The quantitative estimate of drug-likeness (QED) is 0.679. The Kier molecular flexibility index (Phi) is 2.18. The molecule has 0 saturated carbocycles. The van der Waals surface area contributed by atoms with E-state index >= 15 is 0 Å². The van der Waals surface area contributed by atoms with Crippen LogP contribution in [-0.4, -0.2) is 8.42 Å². The van der Waals surface area contributed by atoms with E-state index in [-0.39, 0.29) is 4.90 Å². The molecule has 0 aliphatic carbocycles. The van der Waals surface area contributed by atoms with Crippen LogP contribution < -0.4 is 5.32 Å². The van der Waals surface area contributed by atoms with Gasteiger partial charge >= 0.3 is 0 Å². The second-order valence-electron chi connectivity index (χ2n) is 3.77. The average molecular weight is 266 g/mol. The Labute approximate surface area is 104 Å². The summed E-state index contributed by atoms with van der Waals surface area (Å²) >= 11 is 5.86. The summed E-state index contributed by atoms with van der Waals surface area (Å²) in [7, 11) is -3.44. The number of fused-ring (bicyclic) bond motifs is 2. The Bertz CT molecular complexity index is 710. The number of halogens is 1. The molecule has 2 aromatic carbocycles. The van der Waals surface area contributed by atoms with Crippen LogP contribution in [0.25, 0.3) is 0 Å². The third-order valence-electron chi connectivity index (χ3n) is 2.68. The Morgan fingerprint density at radius 2 is 1.65 bits per heavy atom. The van der Waals surface area contributed by atoms with Crippen molar-refractivity contribution in [3.8, 4) is 0 Å². The number of para-hydroxylation sites is 1. The SMILES string of the molecule is O=S1(=O)c2ccccc2Nc2cc(Cl)ccc21. The summed E-state index contributed by atoms with van der Waals surface area (Å²) in [6.07, 6.45) is 0. The van der Waals surface area contributed by atoms with E-state index in [1.54, 1.807) is 36.4 Å². The van der Waals surface area contributed by atoms with Gasteiger partial charge in [-0.25, -0.2) is 8.42 Å². The highest BCUT2D eigenvalue weighted by Crippen LogP contribution is 2.39. The number of rotatable bonds is 0. The second kappa shape index (κ2) is 3.48. The number of hydrogen-bond acceptors (Lipinski definition) is 3. The maximum absolute atomic E-state index is 12.3. The fraction of sp³-hybridized carbons (Fsp3) is 0. The third-order valence-corrected chi connectivity index (χ3v) is 4.78. The molecule has 3 nitrogen and oxygen atoms in total. The fourth-order valence-corrected chi connectivity index (χ4v) is 3.62. The van der Waals surface area contributed by atoms with Crippen LogP contribution in [0.15, 0.2) is 52.3 Å². The molecule has 3 rings (SSSR count).